The zero-order chi connectivity index (χ0) is 18.0. The Balaban J connectivity index is 2.17. The van der Waals surface area contributed by atoms with Crippen molar-refractivity contribution >= 4 is 45.0 Å². The maximum Gasteiger partial charge on any atom is 0.325 e. The summed E-state index contributed by atoms with van der Waals surface area (Å²) in [5.74, 6) is -0.815. The van der Waals surface area contributed by atoms with Crippen molar-refractivity contribution in [2.45, 2.75) is 13.5 Å². The molecule has 3 aromatic rings. The quantitative estimate of drug-likeness (QED) is 0.658. The van der Waals surface area contributed by atoms with Gasteiger partial charge in [0.05, 0.1) is 17.3 Å². The summed E-state index contributed by atoms with van der Waals surface area (Å²) < 4.78 is 7.43. The lowest BCUT2D eigenvalue weighted by Gasteiger charge is -2.05. The molecule has 0 saturated heterocycles. The van der Waals surface area contributed by atoms with E-state index in [-0.39, 0.29) is 6.54 Å². The van der Waals surface area contributed by atoms with Crippen molar-refractivity contribution in [1.29, 1.82) is 0 Å². The number of aromatic nitrogens is 1. The number of ether oxygens (including phenoxy) is 1. The van der Waals surface area contributed by atoms with Crippen LogP contribution >= 0.6 is 22.9 Å². The molecule has 25 heavy (non-hydrogen) atoms. The zero-order valence-corrected chi connectivity index (χ0v) is 15.2. The van der Waals surface area contributed by atoms with Gasteiger partial charge in [0.2, 0.25) is 0 Å². The van der Waals surface area contributed by atoms with Gasteiger partial charge in [0.15, 0.2) is 4.80 Å². The number of hydrogen-bond donors (Lipinski definition) is 0. The Labute approximate surface area is 153 Å². The van der Waals surface area contributed by atoms with Crippen LogP contribution < -0.4 is 4.80 Å². The number of carbonyl (C=O) groups is 2. The molecule has 1 amide bonds. The van der Waals surface area contributed by atoms with Crippen molar-refractivity contribution in [3.8, 4) is 0 Å². The van der Waals surface area contributed by atoms with Gasteiger partial charge in [0.25, 0.3) is 5.91 Å². The highest BCUT2D eigenvalue weighted by Crippen LogP contribution is 2.21. The Hall–Kier alpha value is -2.44. The first-order valence-electron chi connectivity index (χ1n) is 7.50. The van der Waals surface area contributed by atoms with E-state index in [1.165, 1.54) is 18.4 Å². The number of fused-ring (bicyclic) bond motifs is 1. The van der Waals surface area contributed by atoms with E-state index in [2.05, 4.69) is 4.99 Å². The Kier molecular flexibility index (Phi) is 5.01. The van der Waals surface area contributed by atoms with Gasteiger partial charge in [0.1, 0.15) is 6.54 Å². The van der Waals surface area contributed by atoms with Gasteiger partial charge in [0, 0.05) is 10.6 Å². The lowest BCUT2D eigenvalue weighted by Crippen LogP contribution is -2.22. The Morgan fingerprint density at radius 2 is 2.00 bits per heavy atom. The third-order valence-electron chi connectivity index (χ3n) is 3.69. The maximum absolute atomic E-state index is 12.5. The Bertz CT molecular complexity index is 1040. The van der Waals surface area contributed by atoms with Crippen LogP contribution in [0, 0.1) is 6.92 Å². The second-order valence-electron chi connectivity index (χ2n) is 5.40. The van der Waals surface area contributed by atoms with Crippen LogP contribution in [0.4, 0.5) is 0 Å². The summed E-state index contributed by atoms with van der Waals surface area (Å²) in [6, 6.07) is 12.4. The summed E-state index contributed by atoms with van der Waals surface area (Å²) in [5.41, 5.74) is 2.26. The number of amides is 1. The number of rotatable bonds is 3. The molecule has 3 rings (SSSR count). The minimum absolute atomic E-state index is 0.0109. The van der Waals surface area contributed by atoms with Crippen LogP contribution in [0.3, 0.4) is 0 Å². The monoisotopic (exact) mass is 374 g/mol. The van der Waals surface area contributed by atoms with E-state index in [0.29, 0.717) is 15.4 Å². The summed E-state index contributed by atoms with van der Waals surface area (Å²) >= 11 is 7.29. The lowest BCUT2D eigenvalue weighted by molar-refractivity contribution is -0.141. The number of benzene rings is 2. The normalized spacial score (nSPS) is 11.7. The molecular formula is C18H15ClN2O3S. The van der Waals surface area contributed by atoms with E-state index in [1.54, 1.807) is 28.8 Å². The second kappa shape index (κ2) is 7.21. The number of esters is 1. The molecule has 1 heterocycles. The Morgan fingerprint density at radius 3 is 2.72 bits per heavy atom. The molecule has 5 nitrogen and oxygen atoms in total. The molecule has 0 unspecified atom stereocenters. The van der Waals surface area contributed by atoms with Crippen LogP contribution in [0.25, 0.3) is 10.2 Å². The van der Waals surface area contributed by atoms with Gasteiger partial charge in [-0.25, -0.2) is 0 Å². The molecule has 7 heteroatoms. The summed E-state index contributed by atoms with van der Waals surface area (Å²) in [5, 5.41) is 0.468. The number of halogens is 1. The molecule has 0 fully saturated rings. The number of hydrogen-bond acceptors (Lipinski definition) is 4. The molecule has 128 valence electrons. The van der Waals surface area contributed by atoms with E-state index in [0.717, 1.165) is 15.8 Å². The van der Waals surface area contributed by atoms with Crippen LogP contribution in [-0.4, -0.2) is 23.6 Å². The van der Waals surface area contributed by atoms with E-state index < -0.39 is 11.9 Å². The molecule has 0 aliphatic heterocycles. The van der Waals surface area contributed by atoms with E-state index in [1.807, 2.05) is 25.1 Å². The van der Waals surface area contributed by atoms with Crippen LogP contribution in [0.5, 0.6) is 0 Å². The molecule has 0 spiro atoms. The van der Waals surface area contributed by atoms with Gasteiger partial charge in [-0.05, 0) is 36.8 Å². The van der Waals surface area contributed by atoms with Gasteiger partial charge in [-0.3, -0.25) is 9.59 Å². The fourth-order valence-electron chi connectivity index (χ4n) is 2.51. The zero-order valence-electron chi connectivity index (χ0n) is 13.7. The number of carbonyl (C=O) groups excluding carboxylic acids is 2. The SMILES string of the molecule is COC(=O)Cn1c(=NC(=O)c2cccc(Cl)c2)sc2cccc(C)c21. The molecule has 0 aliphatic rings. The standard InChI is InChI=1S/C18H15ClN2O3S/c1-11-5-3-8-14-16(11)21(10-15(22)24-2)18(25-14)20-17(23)12-6-4-7-13(19)9-12/h3-9H,10H2,1-2H3. The van der Waals surface area contributed by atoms with Crippen molar-refractivity contribution in [2.75, 3.05) is 7.11 Å². The van der Waals surface area contributed by atoms with Crippen molar-refractivity contribution in [3.63, 3.8) is 0 Å². The average molecular weight is 375 g/mol. The molecule has 0 radical (unpaired) electrons. The fraction of sp³-hybridized carbons (Fsp3) is 0.167. The van der Waals surface area contributed by atoms with Gasteiger partial charge in [-0.15, -0.1) is 0 Å². The first kappa shape index (κ1) is 17.4. The van der Waals surface area contributed by atoms with Crippen molar-refractivity contribution < 1.29 is 14.3 Å². The van der Waals surface area contributed by atoms with Crippen molar-refractivity contribution in [1.82, 2.24) is 4.57 Å². The van der Waals surface area contributed by atoms with E-state index >= 15 is 0 Å². The number of para-hydroxylation sites is 1. The highest BCUT2D eigenvalue weighted by atomic mass is 35.5. The van der Waals surface area contributed by atoms with Gasteiger partial charge in [-0.2, -0.15) is 4.99 Å². The summed E-state index contributed by atoms with van der Waals surface area (Å²) in [6.07, 6.45) is 0. The smallest absolute Gasteiger partial charge is 0.325 e. The van der Waals surface area contributed by atoms with Crippen LogP contribution in [0.15, 0.2) is 47.5 Å². The third kappa shape index (κ3) is 3.65. The topological polar surface area (TPSA) is 60.7 Å². The van der Waals surface area contributed by atoms with Crippen molar-refractivity contribution in [2.24, 2.45) is 4.99 Å². The highest BCUT2D eigenvalue weighted by molar-refractivity contribution is 7.16. The largest absolute Gasteiger partial charge is 0.468 e. The number of methoxy groups -OCH3 is 1. The maximum atomic E-state index is 12.5. The molecule has 0 N–H and O–H groups in total. The van der Waals surface area contributed by atoms with Gasteiger partial charge < -0.3 is 9.30 Å². The lowest BCUT2D eigenvalue weighted by atomic mass is 10.2. The molecule has 0 saturated carbocycles. The first-order valence-corrected chi connectivity index (χ1v) is 8.69. The van der Waals surface area contributed by atoms with Crippen LogP contribution in [-0.2, 0) is 16.1 Å². The van der Waals surface area contributed by atoms with E-state index in [9.17, 15) is 9.59 Å². The minimum atomic E-state index is -0.412. The number of aryl methyl sites for hydroxylation is 1. The van der Waals surface area contributed by atoms with Gasteiger partial charge >= 0.3 is 5.97 Å². The molecule has 0 aliphatic carbocycles. The fourth-order valence-corrected chi connectivity index (χ4v) is 3.80. The minimum Gasteiger partial charge on any atom is -0.468 e. The Morgan fingerprint density at radius 1 is 1.24 bits per heavy atom. The van der Waals surface area contributed by atoms with E-state index in [4.69, 9.17) is 16.3 Å². The highest BCUT2D eigenvalue weighted by Gasteiger charge is 2.14. The van der Waals surface area contributed by atoms with Crippen molar-refractivity contribution in [3.05, 3.63) is 63.4 Å². The third-order valence-corrected chi connectivity index (χ3v) is 4.97. The molecule has 0 atom stereocenters. The van der Waals surface area contributed by atoms with Gasteiger partial charge in [-0.1, -0.05) is 41.1 Å². The molecule has 2 aromatic carbocycles. The second-order valence-corrected chi connectivity index (χ2v) is 6.84. The molecular weight excluding hydrogens is 360 g/mol. The number of nitrogens with zero attached hydrogens (tertiary/aromatic N) is 2. The van der Waals surface area contributed by atoms with Crippen LogP contribution in [0.1, 0.15) is 15.9 Å². The van der Waals surface area contributed by atoms with Crippen LogP contribution in [0.2, 0.25) is 5.02 Å². The molecule has 1 aromatic heterocycles. The molecule has 0 bridgehead atoms. The predicted octanol–water partition coefficient (Wildman–Crippen LogP) is 3.58. The summed E-state index contributed by atoms with van der Waals surface area (Å²) in [6.45, 7) is 1.94. The first-order chi connectivity index (χ1) is 12.0. The predicted molar refractivity (Wildman–Crippen MR) is 97.9 cm³/mol. The number of thiazole rings is 1. The average Bonchev–Trinajstić information content (AvgIpc) is 2.93. The summed E-state index contributed by atoms with van der Waals surface area (Å²) in [4.78, 5) is 28.9. The summed E-state index contributed by atoms with van der Waals surface area (Å²) in [7, 11) is 1.33.